The Morgan fingerprint density at radius 2 is 2.12 bits per heavy atom. The van der Waals surface area contributed by atoms with Crippen LogP contribution in [0.15, 0.2) is 36.4 Å². The maximum Gasteiger partial charge on any atom is 0.366 e. The van der Waals surface area contributed by atoms with Gasteiger partial charge in [0.1, 0.15) is 12.4 Å². The van der Waals surface area contributed by atoms with Gasteiger partial charge in [-0.2, -0.15) is 0 Å². The van der Waals surface area contributed by atoms with Gasteiger partial charge in [0.05, 0.1) is 6.54 Å². The summed E-state index contributed by atoms with van der Waals surface area (Å²) in [6.07, 6.45) is 0. The molecule has 0 spiro atoms. The Labute approximate surface area is 149 Å². The third kappa shape index (κ3) is 3.37. The number of benzene rings is 1. The molecular formula is C17H18N4O5. The van der Waals surface area contributed by atoms with Crippen LogP contribution in [0.1, 0.15) is 13.8 Å². The normalized spacial score (nSPS) is 15.2. The number of hydrogen-bond donors (Lipinski definition) is 1. The zero-order valence-electron chi connectivity index (χ0n) is 14.3. The van der Waals surface area contributed by atoms with Gasteiger partial charge in [0.25, 0.3) is 11.7 Å². The summed E-state index contributed by atoms with van der Waals surface area (Å²) in [7, 11) is 0. The SMILES string of the molecule is CC1(C)Oc2ccc([N+](=O)[O-])nc2N(CCOc2cccc(N)c2)C1=O. The summed E-state index contributed by atoms with van der Waals surface area (Å²) in [6, 6.07) is 9.60. The molecule has 9 heteroatoms. The number of fused-ring (bicyclic) bond motifs is 1. The van der Waals surface area contributed by atoms with Crippen LogP contribution < -0.4 is 20.1 Å². The summed E-state index contributed by atoms with van der Waals surface area (Å²) in [5.41, 5.74) is 5.16. The smallest absolute Gasteiger partial charge is 0.366 e. The predicted octanol–water partition coefficient (Wildman–Crippen LogP) is 2.15. The standard InChI is InChI=1S/C17H18N4O5/c1-17(2)16(22)20(8-9-25-12-5-3-4-11(18)10-12)15-13(26-17)6-7-14(19-15)21(23)24/h3-7,10H,8-9,18H2,1-2H3. The number of aromatic nitrogens is 1. The fourth-order valence-corrected chi connectivity index (χ4v) is 2.61. The van der Waals surface area contributed by atoms with Crippen molar-refractivity contribution < 1.29 is 19.2 Å². The van der Waals surface area contributed by atoms with Crippen molar-refractivity contribution in [3.8, 4) is 11.5 Å². The molecule has 0 fully saturated rings. The van der Waals surface area contributed by atoms with Gasteiger partial charge in [-0.25, -0.2) is 0 Å². The molecule has 9 nitrogen and oxygen atoms in total. The lowest BCUT2D eigenvalue weighted by molar-refractivity contribution is -0.389. The maximum atomic E-state index is 12.7. The first-order chi connectivity index (χ1) is 12.3. The number of nitrogens with zero attached hydrogens (tertiary/aromatic N) is 3. The van der Waals surface area contributed by atoms with Gasteiger partial charge in [-0.05, 0) is 42.0 Å². The Hall–Kier alpha value is -3.36. The van der Waals surface area contributed by atoms with E-state index in [1.54, 1.807) is 38.1 Å². The highest BCUT2D eigenvalue weighted by Gasteiger charge is 2.44. The molecule has 26 heavy (non-hydrogen) atoms. The number of carbonyl (C=O) groups excluding carboxylic acids is 1. The topological polar surface area (TPSA) is 121 Å². The lowest BCUT2D eigenvalue weighted by Gasteiger charge is -2.35. The van der Waals surface area contributed by atoms with Gasteiger partial charge >= 0.3 is 5.82 Å². The molecule has 2 aromatic rings. The van der Waals surface area contributed by atoms with Crippen LogP contribution in [0.4, 0.5) is 17.3 Å². The number of rotatable bonds is 5. The number of ether oxygens (including phenoxy) is 2. The van der Waals surface area contributed by atoms with Crippen molar-refractivity contribution in [2.75, 3.05) is 23.8 Å². The number of pyridine rings is 1. The summed E-state index contributed by atoms with van der Waals surface area (Å²) in [4.78, 5) is 28.4. The zero-order chi connectivity index (χ0) is 18.9. The molecule has 1 aliphatic heterocycles. The van der Waals surface area contributed by atoms with Crippen molar-refractivity contribution in [1.29, 1.82) is 0 Å². The molecule has 0 saturated heterocycles. The largest absolute Gasteiger partial charge is 0.492 e. The Morgan fingerprint density at radius 3 is 2.81 bits per heavy atom. The van der Waals surface area contributed by atoms with Crippen molar-refractivity contribution in [2.45, 2.75) is 19.4 Å². The van der Waals surface area contributed by atoms with Gasteiger partial charge in [0, 0.05) is 17.8 Å². The van der Waals surface area contributed by atoms with E-state index in [1.165, 1.54) is 17.0 Å². The van der Waals surface area contributed by atoms with Gasteiger partial charge < -0.3 is 25.3 Å². The van der Waals surface area contributed by atoms with Crippen LogP contribution in [0.2, 0.25) is 0 Å². The van der Waals surface area contributed by atoms with Crippen molar-refractivity contribution in [1.82, 2.24) is 4.98 Å². The zero-order valence-corrected chi connectivity index (χ0v) is 14.3. The van der Waals surface area contributed by atoms with Gasteiger partial charge in [-0.15, -0.1) is 0 Å². The number of nitrogen functional groups attached to an aromatic ring is 1. The van der Waals surface area contributed by atoms with Crippen molar-refractivity contribution in [3.63, 3.8) is 0 Å². The predicted molar refractivity (Wildman–Crippen MR) is 94.3 cm³/mol. The molecule has 1 aliphatic rings. The fourth-order valence-electron chi connectivity index (χ4n) is 2.61. The molecule has 1 aromatic carbocycles. The van der Waals surface area contributed by atoms with E-state index in [1.807, 2.05) is 0 Å². The minimum absolute atomic E-state index is 0.111. The lowest BCUT2D eigenvalue weighted by Crippen LogP contribution is -2.53. The van der Waals surface area contributed by atoms with Gasteiger partial charge in [0.2, 0.25) is 0 Å². The Balaban J connectivity index is 1.83. The van der Waals surface area contributed by atoms with Crippen LogP contribution in [0.25, 0.3) is 0 Å². The summed E-state index contributed by atoms with van der Waals surface area (Å²) >= 11 is 0. The van der Waals surface area contributed by atoms with Crippen LogP contribution in [0.5, 0.6) is 11.5 Å². The Kier molecular flexibility index (Phi) is 4.37. The Bertz CT molecular complexity index is 868. The summed E-state index contributed by atoms with van der Waals surface area (Å²) in [5, 5.41) is 11.0. The van der Waals surface area contributed by atoms with Crippen molar-refractivity contribution in [3.05, 3.63) is 46.5 Å². The molecule has 2 N–H and O–H groups in total. The second-order valence-electron chi connectivity index (χ2n) is 6.24. The second-order valence-corrected chi connectivity index (χ2v) is 6.24. The summed E-state index contributed by atoms with van der Waals surface area (Å²) in [6.45, 7) is 3.58. The molecule has 2 heterocycles. The highest BCUT2D eigenvalue weighted by molar-refractivity contribution is 6.01. The summed E-state index contributed by atoms with van der Waals surface area (Å²) < 4.78 is 11.3. The van der Waals surface area contributed by atoms with E-state index in [4.69, 9.17) is 15.2 Å². The Morgan fingerprint density at radius 1 is 1.35 bits per heavy atom. The fraction of sp³-hybridized carbons (Fsp3) is 0.294. The maximum absolute atomic E-state index is 12.7. The minimum Gasteiger partial charge on any atom is -0.492 e. The first-order valence-corrected chi connectivity index (χ1v) is 7.93. The van der Waals surface area contributed by atoms with Crippen LogP contribution in [-0.2, 0) is 4.79 Å². The van der Waals surface area contributed by atoms with E-state index < -0.39 is 10.5 Å². The minimum atomic E-state index is -1.11. The number of anilines is 2. The van der Waals surface area contributed by atoms with E-state index in [2.05, 4.69) is 4.98 Å². The van der Waals surface area contributed by atoms with Crippen molar-refractivity contribution in [2.24, 2.45) is 0 Å². The first kappa shape index (κ1) is 17.5. The van der Waals surface area contributed by atoms with Gasteiger partial charge in [-0.3, -0.25) is 9.69 Å². The molecule has 0 bridgehead atoms. The average Bonchev–Trinajstić information content (AvgIpc) is 2.57. The van der Waals surface area contributed by atoms with E-state index in [9.17, 15) is 14.9 Å². The molecule has 0 radical (unpaired) electrons. The number of amides is 1. The molecule has 0 unspecified atom stereocenters. The molecular weight excluding hydrogens is 340 g/mol. The molecule has 0 aliphatic carbocycles. The number of nitrogens with two attached hydrogens (primary N) is 1. The van der Waals surface area contributed by atoms with E-state index in [0.717, 1.165) is 0 Å². The van der Waals surface area contributed by atoms with Gasteiger partial charge in [0.15, 0.2) is 11.4 Å². The first-order valence-electron chi connectivity index (χ1n) is 7.93. The monoisotopic (exact) mass is 358 g/mol. The van der Waals surface area contributed by atoms with Crippen LogP contribution in [-0.4, -0.2) is 34.6 Å². The number of hydrogen-bond acceptors (Lipinski definition) is 7. The summed E-state index contributed by atoms with van der Waals surface area (Å²) in [5.74, 6) is 0.275. The third-order valence-corrected chi connectivity index (χ3v) is 3.83. The second kappa shape index (κ2) is 6.51. The van der Waals surface area contributed by atoms with E-state index >= 15 is 0 Å². The van der Waals surface area contributed by atoms with Crippen LogP contribution in [0, 0.1) is 10.1 Å². The quantitative estimate of drug-likeness (QED) is 0.494. The average molecular weight is 358 g/mol. The van der Waals surface area contributed by atoms with Crippen LogP contribution >= 0.6 is 0 Å². The number of carbonyl (C=O) groups is 1. The molecule has 3 rings (SSSR count). The molecule has 1 aromatic heterocycles. The van der Waals surface area contributed by atoms with E-state index in [-0.39, 0.29) is 30.7 Å². The third-order valence-electron chi connectivity index (χ3n) is 3.83. The molecule has 0 atom stereocenters. The highest BCUT2D eigenvalue weighted by Crippen LogP contribution is 2.37. The number of nitro groups is 1. The lowest BCUT2D eigenvalue weighted by atomic mass is 10.1. The molecule has 0 saturated carbocycles. The van der Waals surface area contributed by atoms with E-state index in [0.29, 0.717) is 17.2 Å². The van der Waals surface area contributed by atoms with Crippen LogP contribution in [0.3, 0.4) is 0 Å². The molecule has 1 amide bonds. The highest BCUT2D eigenvalue weighted by atomic mass is 16.6. The molecule has 136 valence electrons. The van der Waals surface area contributed by atoms with Gasteiger partial charge in [-0.1, -0.05) is 6.07 Å². The van der Waals surface area contributed by atoms with Crippen molar-refractivity contribution >= 4 is 23.2 Å².